The highest BCUT2D eigenvalue weighted by atomic mass is 16.5. The van der Waals surface area contributed by atoms with E-state index < -0.39 is 11.4 Å². The van der Waals surface area contributed by atoms with Crippen molar-refractivity contribution in [2.24, 2.45) is 62.1 Å². The number of fused-ring (bicyclic) bond motifs is 7. The molecule has 1 N–H and O–H groups in total. The molecule has 8 unspecified atom stereocenters. The molecule has 48 heavy (non-hydrogen) atoms. The SMILES string of the molecule is C=C(C)[C@@H]1CCC2(C#Cc3ccccc3C)CC[C@]3(C)C(CCC4C5(C)CCC(OC(=O)CC(C)(C)C(=O)O)C(C)(C)C5CCC43C)C12. The van der Waals surface area contributed by atoms with Crippen molar-refractivity contribution in [2.45, 2.75) is 139 Å². The lowest BCUT2D eigenvalue weighted by molar-refractivity contribution is -0.247. The summed E-state index contributed by atoms with van der Waals surface area (Å²) in [5.41, 5.74) is 3.23. The fourth-order valence-corrected chi connectivity index (χ4v) is 13.1. The second-order valence-electron chi connectivity index (χ2n) is 19.1. The number of hydrogen-bond donors (Lipinski definition) is 1. The number of carboxylic acids is 1. The number of allylic oxidation sites excluding steroid dienone is 1. The minimum atomic E-state index is -1.13. The molecule has 1 aromatic carbocycles. The predicted molar refractivity (Wildman–Crippen MR) is 193 cm³/mol. The average molecular weight is 655 g/mol. The van der Waals surface area contributed by atoms with Crippen LogP contribution >= 0.6 is 0 Å². The van der Waals surface area contributed by atoms with Gasteiger partial charge in [0.15, 0.2) is 0 Å². The first-order valence-electron chi connectivity index (χ1n) is 19.0. The molecule has 0 aromatic heterocycles. The first kappa shape index (κ1) is 35.3. The van der Waals surface area contributed by atoms with Crippen molar-refractivity contribution in [3.63, 3.8) is 0 Å². The van der Waals surface area contributed by atoms with Crippen LogP contribution in [0.4, 0.5) is 0 Å². The molecule has 5 aliphatic rings. The third kappa shape index (κ3) is 5.22. The molecule has 10 atom stereocenters. The Labute approximate surface area is 291 Å². The van der Waals surface area contributed by atoms with E-state index in [0.717, 1.165) is 19.3 Å². The zero-order chi connectivity index (χ0) is 35.1. The number of benzene rings is 1. The van der Waals surface area contributed by atoms with E-state index in [4.69, 9.17) is 4.74 Å². The molecule has 0 spiro atoms. The van der Waals surface area contributed by atoms with Gasteiger partial charge in [0, 0.05) is 16.4 Å². The van der Waals surface area contributed by atoms with Gasteiger partial charge in [-0.05, 0) is 149 Å². The number of carboxylic acid groups (broad SMARTS) is 1. The number of esters is 1. The first-order chi connectivity index (χ1) is 22.3. The van der Waals surface area contributed by atoms with Gasteiger partial charge < -0.3 is 9.84 Å². The van der Waals surface area contributed by atoms with Crippen molar-refractivity contribution < 1.29 is 19.4 Å². The van der Waals surface area contributed by atoms with E-state index in [-0.39, 0.29) is 45.6 Å². The molecule has 0 heterocycles. The van der Waals surface area contributed by atoms with Crippen molar-refractivity contribution in [3.8, 4) is 11.8 Å². The topological polar surface area (TPSA) is 63.6 Å². The molecule has 5 fully saturated rings. The zero-order valence-corrected chi connectivity index (χ0v) is 31.4. The van der Waals surface area contributed by atoms with E-state index in [0.29, 0.717) is 29.6 Å². The summed E-state index contributed by atoms with van der Waals surface area (Å²) in [4.78, 5) is 24.8. The monoisotopic (exact) mass is 654 g/mol. The highest BCUT2D eigenvalue weighted by Crippen LogP contribution is 2.77. The summed E-state index contributed by atoms with van der Waals surface area (Å²) in [6.07, 6.45) is 11.4. The van der Waals surface area contributed by atoms with Crippen LogP contribution in [-0.2, 0) is 14.3 Å². The number of ether oxygens (including phenoxy) is 1. The zero-order valence-electron chi connectivity index (χ0n) is 31.4. The maximum atomic E-state index is 13.1. The van der Waals surface area contributed by atoms with Gasteiger partial charge in [-0.15, -0.1) is 0 Å². The molecule has 0 radical (unpaired) electrons. The highest BCUT2D eigenvalue weighted by Gasteiger charge is 2.71. The van der Waals surface area contributed by atoms with Crippen LogP contribution in [0, 0.1) is 80.8 Å². The summed E-state index contributed by atoms with van der Waals surface area (Å²) < 4.78 is 6.19. The van der Waals surface area contributed by atoms with Crippen LogP contribution in [0.1, 0.15) is 137 Å². The van der Waals surface area contributed by atoms with E-state index in [1.54, 1.807) is 13.8 Å². The number of carbonyl (C=O) groups is 2. The Morgan fingerprint density at radius 1 is 0.917 bits per heavy atom. The Morgan fingerprint density at radius 2 is 1.62 bits per heavy atom. The molecule has 262 valence electrons. The molecule has 6 rings (SSSR count). The lowest BCUT2D eigenvalue weighted by atomic mass is 9.32. The molecule has 4 heteroatoms. The molecule has 1 aromatic rings. The molecule has 0 aliphatic heterocycles. The first-order valence-corrected chi connectivity index (χ1v) is 19.0. The standard InChI is InChI=1S/C44H62O4/c1-28(2)31-18-24-44(23-17-30-14-12-11-13-29(30)3)26-25-42(9)32(37(31)44)15-16-34-41(8)21-20-35(48-36(45)27-39(4,5)38(46)47)40(6,7)33(41)19-22-43(34,42)10/h11-14,31-35,37H,1,15-16,18-22,24-27H2,2-10H3,(H,46,47)/t31-,32?,33?,34?,35?,37?,41?,42+,43?,44?/m0/s1. The van der Waals surface area contributed by atoms with Crippen molar-refractivity contribution in [1.29, 1.82) is 0 Å². The van der Waals surface area contributed by atoms with Crippen LogP contribution in [0.15, 0.2) is 36.4 Å². The maximum Gasteiger partial charge on any atom is 0.309 e. The van der Waals surface area contributed by atoms with Gasteiger partial charge in [0.1, 0.15) is 6.10 Å². The van der Waals surface area contributed by atoms with Gasteiger partial charge in [0.2, 0.25) is 0 Å². The van der Waals surface area contributed by atoms with Gasteiger partial charge in [-0.2, -0.15) is 0 Å². The van der Waals surface area contributed by atoms with E-state index in [9.17, 15) is 14.7 Å². The maximum absolute atomic E-state index is 13.1. The summed E-state index contributed by atoms with van der Waals surface area (Å²) in [7, 11) is 0. The van der Waals surface area contributed by atoms with Crippen molar-refractivity contribution >= 4 is 11.9 Å². The third-order valence-corrected chi connectivity index (χ3v) is 16.0. The molecule has 4 nitrogen and oxygen atoms in total. The lowest BCUT2D eigenvalue weighted by Gasteiger charge is -2.72. The largest absolute Gasteiger partial charge is 0.481 e. The minimum Gasteiger partial charge on any atom is -0.481 e. The smallest absolute Gasteiger partial charge is 0.309 e. The van der Waals surface area contributed by atoms with Crippen LogP contribution in [0.5, 0.6) is 0 Å². The van der Waals surface area contributed by atoms with Crippen LogP contribution in [0.2, 0.25) is 0 Å². The van der Waals surface area contributed by atoms with Gasteiger partial charge in [0.05, 0.1) is 11.8 Å². The van der Waals surface area contributed by atoms with Crippen LogP contribution < -0.4 is 0 Å². The number of rotatable bonds is 5. The van der Waals surface area contributed by atoms with Crippen molar-refractivity contribution in [2.75, 3.05) is 0 Å². The summed E-state index contributed by atoms with van der Waals surface area (Å²) in [6.45, 7) is 24.8. The molecular formula is C44H62O4. The van der Waals surface area contributed by atoms with Gasteiger partial charge in [-0.3, -0.25) is 9.59 Å². The quantitative estimate of drug-likeness (QED) is 0.195. The van der Waals surface area contributed by atoms with Gasteiger partial charge >= 0.3 is 11.9 Å². The summed E-state index contributed by atoms with van der Waals surface area (Å²) in [6, 6.07) is 8.59. The van der Waals surface area contributed by atoms with Crippen molar-refractivity contribution in [1.82, 2.24) is 0 Å². The van der Waals surface area contributed by atoms with Gasteiger partial charge in [0.25, 0.3) is 0 Å². The summed E-state index contributed by atoms with van der Waals surface area (Å²) >= 11 is 0. The Morgan fingerprint density at radius 3 is 2.29 bits per heavy atom. The predicted octanol–water partition coefficient (Wildman–Crippen LogP) is 10.4. The summed E-state index contributed by atoms with van der Waals surface area (Å²) in [5.74, 6) is 9.23. The number of hydrogen-bond acceptors (Lipinski definition) is 3. The molecular weight excluding hydrogens is 592 g/mol. The minimum absolute atomic E-state index is 0.0690. The van der Waals surface area contributed by atoms with Crippen LogP contribution in [0.25, 0.3) is 0 Å². The second-order valence-corrected chi connectivity index (χ2v) is 19.1. The fourth-order valence-electron chi connectivity index (χ4n) is 13.1. The van der Waals surface area contributed by atoms with Crippen LogP contribution in [0.3, 0.4) is 0 Å². The molecule has 5 aliphatic carbocycles. The van der Waals surface area contributed by atoms with E-state index >= 15 is 0 Å². The molecule has 0 bridgehead atoms. The third-order valence-electron chi connectivity index (χ3n) is 16.0. The summed E-state index contributed by atoms with van der Waals surface area (Å²) in [5, 5.41) is 9.60. The normalized spacial score (nSPS) is 41.4. The Bertz CT molecular complexity index is 1540. The van der Waals surface area contributed by atoms with E-state index in [1.807, 2.05) is 0 Å². The average Bonchev–Trinajstić information content (AvgIpc) is 3.38. The number of aryl methyl sites for hydroxylation is 1. The van der Waals surface area contributed by atoms with Gasteiger partial charge in [-0.25, -0.2) is 0 Å². The number of aliphatic carboxylic acids is 1. The Hall–Kier alpha value is -2.54. The highest BCUT2D eigenvalue weighted by molar-refractivity contribution is 5.81. The Balaban J connectivity index is 1.29. The molecule has 5 saturated carbocycles. The second kappa shape index (κ2) is 11.8. The molecule has 0 saturated heterocycles. The van der Waals surface area contributed by atoms with Crippen LogP contribution in [-0.4, -0.2) is 23.1 Å². The van der Waals surface area contributed by atoms with Gasteiger partial charge in [-0.1, -0.05) is 76.8 Å². The number of carbonyl (C=O) groups excluding carboxylic acids is 1. The fraction of sp³-hybridized carbons (Fsp3) is 0.727. The Kier molecular flexibility index (Phi) is 8.66. The lowest BCUT2D eigenvalue weighted by Crippen LogP contribution is -2.66. The molecule has 0 amide bonds. The van der Waals surface area contributed by atoms with E-state index in [2.05, 4.69) is 91.2 Å². The van der Waals surface area contributed by atoms with E-state index in [1.165, 1.54) is 61.6 Å². The van der Waals surface area contributed by atoms with Crippen molar-refractivity contribution in [3.05, 3.63) is 47.5 Å².